The first-order valence-corrected chi connectivity index (χ1v) is 10.2. The summed E-state index contributed by atoms with van der Waals surface area (Å²) in [5, 5.41) is 0.911. The van der Waals surface area contributed by atoms with Crippen molar-refractivity contribution >= 4 is 29.1 Å². The van der Waals surface area contributed by atoms with E-state index in [0.717, 1.165) is 36.8 Å². The van der Waals surface area contributed by atoms with Crippen LogP contribution in [0.1, 0.15) is 59.1 Å². The number of nitrogens with zero attached hydrogens (tertiary/aromatic N) is 1. The van der Waals surface area contributed by atoms with E-state index < -0.39 is 5.91 Å². The molecule has 2 aromatic rings. The van der Waals surface area contributed by atoms with Crippen LogP contribution in [0.2, 0.25) is 10.0 Å². The van der Waals surface area contributed by atoms with E-state index in [-0.39, 0.29) is 17.8 Å². The number of halogens is 3. The molecule has 3 nitrogen and oxygen atoms in total. The number of primary amides is 1. The third-order valence-electron chi connectivity index (χ3n) is 5.73. The molecule has 1 amide bonds. The van der Waals surface area contributed by atoms with Crippen molar-refractivity contribution in [1.82, 2.24) is 4.90 Å². The fraction of sp³-hybridized carbons (Fsp3) is 0.409. The normalized spacial score (nSPS) is 20.9. The van der Waals surface area contributed by atoms with Crippen LogP contribution in [0.5, 0.6) is 0 Å². The van der Waals surface area contributed by atoms with Crippen molar-refractivity contribution in [3.05, 3.63) is 69.0 Å². The standard InChI is InChI=1S/C22H25Cl2FN2O/c1-27(2)21(15-4-3-5-17(25)10-15)14-8-6-13(7-9-14)20-18(22(26)28)11-16(23)12-19(20)24/h3-5,10-14,21H,6-9H2,1-2H3,(H2,26,28). The summed E-state index contributed by atoms with van der Waals surface area (Å²) in [6.07, 6.45) is 3.71. The molecule has 0 heterocycles. The fourth-order valence-corrected chi connectivity index (χ4v) is 5.26. The largest absolute Gasteiger partial charge is 0.366 e. The second-order valence-corrected chi connectivity index (χ2v) is 8.63. The van der Waals surface area contributed by atoms with Gasteiger partial charge in [-0.15, -0.1) is 0 Å². The van der Waals surface area contributed by atoms with Crippen LogP contribution in [0.3, 0.4) is 0 Å². The molecule has 1 unspecified atom stereocenters. The average Bonchev–Trinajstić information content (AvgIpc) is 2.62. The quantitative estimate of drug-likeness (QED) is 0.660. The van der Waals surface area contributed by atoms with Gasteiger partial charge in [0.25, 0.3) is 0 Å². The van der Waals surface area contributed by atoms with Crippen LogP contribution in [0.4, 0.5) is 4.39 Å². The highest BCUT2D eigenvalue weighted by atomic mass is 35.5. The van der Waals surface area contributed by atoms with Crippen molar-refractivity contribution in [3.63, 3.8) is 0 Å². The topological polar surface area (TPSA) is 46.3 Å². The smallest absolute Gasteiger partial charge is 0.249 e. The molecule has 28 heavy (non-hydrogen) atoms. The van der Waals surface area contributed by atoms with Crippen molar-refractivity contribution < 1.29 is 9.18 Å². The minimum absolute atomic E-state index is 0.146. The van der Waals surface area contributed by atoms with Crippen molar-refractivity contribution in [2.24, 2.45) is 11.7 Å². The van der Waals surface area contributed by atoms with Crippen molar-refractivity contribution in [2.75, 3.05) is 14.1 Å². The lowest BCUT2D eigenvalue weighted by molar-refractivity contribution is 0.0998. The van der Waals surface area contributed by atoms with Crippen LogP contribution >= 0.6 is 23.2 Å². The summed E-state index contributed by atoms with van der Waals surface area (Å²) in [6, 6.07) is 10.3. The molecule has 1 aliphatic rings. The van der Waals surface area contributed by atoms with Crippen molar-refractivity contribution in [1.29, 1.82) is 0 Å². The number of hydrogen-bond acceptors (Lipinski definition) is 2. The summed E-state index contributed by atoms with van der Waals surface area (Å²) in [6.45, 7) is 0. The van der Waals surface area contributed by atoms with Crippen LogP contribution in [-0.4, -0.2) is 24.9 Å². The minimum atomic E-state index is -0.507. The predicted molar refractivity (Wildman–Crippen MR) is 113 cm³/mol. The third kappa shape index (κ3) is 4.51. The molecule has 0 radical (unpaired) electrons. The summed E-state index contributed by atoms with van der Waals surface area (Å²) in [5.74, 6) is -0.153. The summed E-state index contributed by atoms with van der Waals surface area (Å²) in [7, 11) is 4.06. The first-order chi connectivity index (χ1) is 13.3. The molecule has 1 saturated carbocycles. The lowest BCUT2D eigenvalue weighted by Gasteiger charge is -2.38. The van der Waals surface area contributed by atoms with Gasteiger partial charge < -0.3 is 10.6 Å². The molecule has 1 atom stereocenters. The van der Waals surface area contributed by atoms with Crippen LogP contribution in [-0.2, 0) is 0 Å². The van der Waals surface area contributed by atoms with Crippen LogP contribution < -0.4 is 5.73 Å². The molecule has 0 bridgehead atoms. The van der Waals surface area contributed by atoms with E-state index in [2.05, 4.69) is 4.90 Å². The summed E-state index contributed by atoms with van der Waals surface area (Å²) in [4.78, 5) is 14.1. The van der Waals surface area contributed by atoms with Gasteiger partial charge >= 0.3 is 0 Å². The zero-order valence-corrected chi connectivity index (χ0v) is 17.6. The Morgan fingerprint density at radius 2 is 1.82 bits per heavy atom. The van der Waals surface area contributed by atoms with Gasteiger partial charge in [0.05, 0.1) is 0 Å². The molecule has 1 aliphatic carbocycles. The molecular formula is C22H25Cl2FN2O. The lowest BCUT2D eigenvalue weighted by Crippen LogP contribution is -2.30. The minimum Gasteiger partial charge on any atom is -0.366 e. The fourth-order valence-electron chi connectivity index (χ4n) is 4.61. The third-order valence-corrected chi connectivity index (χ3v) is 6.26. The van der Waals surface area contributed by atoms with Crippen LogP contribution in [0, 0.1) is 11.7 Å². The van der Waals surface area contributed by atoms with E-state index in [1.165, 1.54) is 6.07 Å². The number of rotatable bonds is 5. The number of carbonyl (C=O) groups excluding carboxylic acids is 1. The molecule has 0 spiro atoms. The zero-order chi connectivity index (χ0) is 20.4. The summed E-state index contributed by atoms with van der Waals surface area (Å²) < 4.78 is 13.8. The Labute approximate surface area is 175 Å². The molecule has 2 aromatic carbocycles. The van der Waals surface area contributed by atoms with Crippen LogP contribution in [0.15, 0.2) is 36.4 Å². The van der Waals surface area contributed by atoms with E-state index >= 15 is 0 Å². The molecule has 150 valence electrons. The Bertz CT molecular complexity index is 864. The first-order valence-electron chi connectivity index (χ1n) is 9.48. The van der Waals surface area contributed by atoms with E-state index in [4.69, 9.17) is 28.9 Å². The van der Waals surface area contributed by atoms with Gasteiger partial charge in [-0.2, -0.15) is 0 Å². The van der Waals surface area contributed by atoms with Gasteiger partial charge in [0.2, 0.25) is 5.91 Å². The highest BCUT2D eigenvalue weighted by Gasteiger charge is 2.32. The van der Waals surface area contributed by atoms with Crippen molar-refractivity contribution in [2.45, 2.75) is 37.6 Å². The number of benzene rings is 2. The summed E-state index contributed by atoms with van der Waals surface area (Å²) >= 11 is 12.5. The van der Waals surface area contributed by atoms with Gasteiger partial charge in [-0.1, -0.05) is 35.3 Å². The Balaban J connectivity index is 1.82. The van der Waals surface area contributed by atoms with Gasteiger partial charge in [-0.05, 0) is 87.0 Å². The number of carbonyl (C=O) groups is 1. The lowest BCUT2D eigenvalue weighted by atomic mass is 9.73. The molecular weight excluding hydrogens is 398 g/mol. The Kier molecular flexibility index (Phi) is 6.64. The maximum atomic E-state index is 13.8. The van der Waals surface area contributed by atoms with Gasteiger partial charge in [0.1, 0.15) is 5.82 Å². The molecule has 0 aliphatic heterocycles. The zero-order valence-electron chi connectivity index (χ0n) is 16.1. The molecule has 3 rings (SSSR count). The number of amides is 1. The van der Waals surface area contributed by atoms with Crippen LogP contribution in [0.25, 0.3) is 0 Å². The summed E-state index contributed by atoms with van der Waals surface area (Å²) in [5.41, 5.74) is 7.78. The maximum absolute atomic E-state index is 13.8. The molecule has 2 N–H and O–H groups in total. The monoisotopic (exact) mass is 422 g/mol. The molecule has 1 fully saturated rings. The molecule has 0 aromatic heterocycles. The number of hydrogen-bond donors (Lipinski definition) is 1. The maximum Gasteiger partial charge on any atom is 0.249 e. The van der Waals surface area contributed by atoms with E-state index in [0.29, 0.717) is 21.5 Å². The molecule has 6 heteroatoms. The number of nitrogens with two attached hydrogens (primary N) is 1. The van der Waals surface area contributed by atoms with Gasteiger partial charge in [0, 0.05) is 21.7 Å². The average molecular weight is 423 g/mol. The SMILES string of the molecule is CN(C)C(c1cccc(F)c1)C1CCC(c2c(Cl)cc(Cl)cc2C(N)=O)CC1. The molecule has 0 saturated heterocycles. The second-order valence-electron chi connectivity index (χ2n) is 7.79. The van der Waals surface area contributed by atoms with E-state index in [1.54, 1.807) is 24.3 Å². The van der Waals surface area contributed by atoms with E-state index in [9.17, 15) is 9.18 Å². The Morgan fingerprint density at radius 1 is 1.14 bits per heavy atom. The Hall–Kier alpha value is -1.62. The van der Waals surface area contributed by atoms with E-state index in [1.807, 2.05) is 20.2 Å². The predicted octanol–water partition coefficient (Wildman–Crippen LogP) is 5.81. The van der Waals surface area contributed by atoms with Gasteiger partial charge in [-0.25, -0.2) is 4.39 Å². The second kappa shape index (κ2) is 8.81. The Morgan fingerprint density at radius 3 is 2.39 bits per heavy atom. The van der Waals surface area contributed by atoms with Crippen molar-refractivity contribution in [3.8, 4) is 0 Å². The highest BCUT2D eigenvalue weighted by Crippen LogP contribution is 2.45. The van der Waals surface area contributed by atoms with Gasteiger partial charge in [-0.3, -0.25) is 4.79 Å². The first kappa shape index (κ1) is 21.1. The van der Waals surface area contributed by atoms with Gasteiger partial charge in [0.15, 0.2) is 0 Å². The highest BCUT2D eigenvalue weighted by molar-refractivity contribution is 6.35.